The van der Waals surface area contributed by atoms with Gasteiger partial charge in [0.25, 0.3) is 5.91 Å². The summed E-state index contributed by atoms with van der Waals surface area (Å²) in [6.45, 7) is 2.17. The highest BCUT2D eigenvalue weighted by molar-refractivity contribution is 8.77. The normalized spacial score (nSPS) is 22.8. The molecular formula is C48H64N10O10S2. The number of fused-ring (bicyclic) bond motifs is 1. The van der Waals surface area contributed by atoms with Crippen LogP contribution >= 0.6 is 21.6 Å². The fourth-order valence-electron chi connectivity index (χ4n) is 7.55. The van der Waals surface area contributed by atoms with Gasteiger partial charge in [-0.15, -0.1) is 0 Å². The van der Waals surface area contributed by atoms with Crippen LogP contribution in [0, 0.1) is 0 Å². The standard InChI is InChI=1S/C48H64N10O10S2/c1-27(60)38(25-59)55-45(66)39-26-69-70-48(58-41(62)33(50)21-29-13-5-3-6-14-29)47(68)54-36(22-30-15-7-4-8-16-30)43(64)53-37(23-31-24-51-34-18-10-9-17-32(31)34)44(65)52-35(19-11-12-20-49)42(63)57-40(28(2)61)46(67)56-39/h3-10,13-18,24,27-28,33,35-40,48,51,59-61H,11-12,19-23,25-26,49-50H2,1-2H3,(H,52,65)(H,53,64)(H,54,68)(H,55,66)(H,56,67)(H,57,63)(H,58,62)/t27-,28-,33+,35+,36+,37-,38-,39-,40-,48+/m1/s1. The monoisotopic (exact) mass is 1000 g/mol. The molecule has 1 fully saturated rings. The van der Waals surface area contributed by atoms with E-state index in [9.17, 15) is 48.9 Å². The third-order valence-corrected chi connectivity index (χ3v) is 14.1. The number of aliphatic hydroxyl groups excluding tert-OH is 3. The molecule has 1 aliphatic rings. The van der Waals surface area contributed by atoms with E-state index in [0.29, 0.717) is 24.0 Å². The van der Waals surface area contributed by atoms with Crippen LogP contribution in [0.1, 0.15) is 49.8 Å². The second kappa shape index (κ2) is 27.4. The molecule has 1 saturated heterocycles. The highest BCUT2D eigenvalue weighted by atomic mass is 33.1. The lowest BCUT2D eigenvalue weighted by atomic mass is 10.0. The summed E-state index contributed by atoms with van der Waals surface area (Å²) in [6, 6.07) is 15.6. The molecular weight excluding hydrogens is 941 g/mol. The minimum absolute atomic E-state index is 0.0340. The molecule has 15 N–H and O–H groups in total. The highest BCUT2D eigenvalue weighted by Gasteiger charge is 2.37. The van der Waals surface area contributed by atoms with Crippen LogP contribution in [0.2, 0.25) is 0 Å². The summed E-state index contributed by atoms with van der Waals surface area (Å²) in [5, 5.41) is 48.9. The third kappa shape index (κ3) is 16.3. The van der Waals surface area contributed by atoms with Crippen LogP contribution in [0.15, 0.2) is 91.1 Å². The molecule has 2 heterocycles. The van der Waals surface area contributed by atoms with Crippen LogP contribution in [-0.4, -0.2) is 140 Å². The van der Waals surface area contributed by atoms with Crippen molar-refractivity contribution in [1.29, 1.82) is 0 Å². The maximum atomic E-state index is 14.7. The van der Waals surface area contributed by atoms with E-state index in [4.69, 9.17) is 11.5 Å². The number of para-hydroxylation sites is 1. The lowest BCUT2D eigenvalue weighted by molar-refractivity contribution is -0.136. The molecule has 378 valence electrons. The van der Waals surface area contributed by atoms with E-state index in [2.05, 4.69) is 42.2 Å². The Morgan fingerprint density at radius 3 is 1.99 bits per heavy atom. The van der Waals surface area contributed by atoms with E-state index in [0.717, 1.165) is 38.1 Å². The van der Waals surface area contributed by atoms with Gasteiger partial charge in [-0.1, -0.05) is 100 Å². The summed E-state index contributed by atoms with van der Waals surface area (Å²) < 4.78 is 0. The molecule has 0 saturated carbocycles. The number of benzene rings is 3. The number of nitrogens with one attached hydrogen (secondary N) is 8. The van der Waals surface area contributed by atoms with Crippen molar-refractivity contribution < 1.29 is 48.9 Å². The Labute approximate surface area is 413 Å². The van der Waals surface area contributed by atoms with Crippen molar-refractivity contribution in [1.82, 2.24) is 42.2 Å². The number of nitrogens with two attached hydrogens (primary N) is 2. The highest BCUT2D eigenvalue weighted by Crippen LogP contribution is 2.28. The lowest BCUT2D eigenvalue weighted by Gasteiger charge is -2.28. The predicted molar refractivity (Wildman–Crippen MR) is 267 cm³/mol. The van der Waals surface area contributed by atoms with Gasteiger partial charge in [-0.05, 0) is 68.8 Å². The SMILES string of the molecule is C[C@@H](O)[C@@H](CO)NC(=O)[C@H]1CSS[C@H](NC(=O)[C@@H](N)Cc2ccccc2)C(=O)N[C@@H](Cc2ccccc2)C(=O)N[C@H](Cc2c[nH]c3ccccc23)C(=O)N[C@@H](CCCCN)C(=O)N[C@H]([C@@H](C)O)C(=O)N1. The quantitative estimate of drug-likeness (QED) is 0.0453. The average Bonchev–Trinajstić information content (AvgIpc) is 3.75. The van der Waals surface area contributed by atoms with Crippen LogP contribution in [0.5, 0.6) is 0 Å². The zero-order valence-corrected chi connectivity index (χ0v) is 40.6. The topological polar surface area (TPSA) is 332 Å². The first kappa shape index (κ1) is 54.9. The first-order chi connectivity index (χ1) is 33.6. The van der Waals surface area contributed by atoms with E-state index in [1.54, 1.807) is 60.8 Å². The lowest BCUT2D eigenvalue weighted by Crippen LogP contribution is -2.62. The van der Waals surface area contributed by atoms with Crippen LogP contribution in [-0.2, 0) is 52.8 Å². The number of carbonyl (C=O) groups is 7. The molecule has 1 aliphatic heterocycles. The molecule has 1 aromatic heterocycles. The van der Waals surface area contributed by atoms with Gasteiger partial charge >= 0.3 is 0 Å². The molecule has 70 heavy (non-hydrogen) atoms. The van der Waals surface area contributed by atoms with Gasteiger partial charge in [-0.3, -0.25) is 33.6 Å². The first-order valence-electron chi connectivity index (χ1n) is 23.0. The van der Waals surface area contributed by atoms with Crippen molar-refractivity contribution in [2.24, 2.45) is 11.5 Å². The van der Waals surface area contributed by atoms with Crippen molar-refractivity contribution >= 4 is 73.8 Å². The van der Waals surface area contributed by atoms with Crippen molar-refractivity contribution in [2.45, 2.75) is 112 Å². The van der Waals surface area contributed by atoms with Crippen LogP contribution in [0.3, 0.4) is 0 Å². The van der Waals surface area contributed by atoms with Crippen LogP contribution in [0.4, 0.5) is 0 Å². The molecule has 0 spiro atoms. The van der Waals surface area contributed by atoms with E-state index >= 15 is 0 Å². The summed E-state index contributed by atoms with van der Waals surface area (Å²) in [5.74, 6) is -6.22. The molecule has 0 unspecified atom stereocenters. The number of aliphatic hydroxyl groups is 3. The van der Waals surface area contributed by atoms with Gasteiger partial charge in [-0.25, -0.2) is 0 Å². The summed E-state index contributed by atoms with van der Waals surface area (Å²) in [6.07, 6.45) is -0.266. The molecule has 7 amide bonds. The molecule has 3 aromatic carbocycles. The number of carbonyl (C=O) groups excluding carboxylic acids is 7. The Balaban J connectivity index is 1.58. The molecule has 10 atom stereocenters. The molecule has 5 rings (SSSR count). The summed E-state index contributed by atoms with van der Waals surface area (Å²) in [5.41, 5.74) is 14.9. The molecule has 0 aliphatic carbocycles. The van der Waals surface area contributed by atoms with Crippen LogP contribution in [0.25, 0.3) is 10.9 Å². The van der Waals surface area contributed by atoms with E-state index in [-0.39, 0.29) is 38.0 Å². The molecule has 20 nitrogen and oxygen atoms in total. The van der Waals surface area contributed by atoms with E-state index < -0.39 is 108 Å². The molecule has 22 heteroatoms. The largest absolute Gasteiger partial charge is 0.394 e. The summed E-state index contributed by atoms with van der Waals surface area (Å²) in [4.78, 5) is 103. The zero-order chi connectivity index (χ0) is 50.7. The van der Waals surface area contributed by atoms with Gasteiger partial charge in [0.15, 0.2) is 5.37 Å². The molecule has 0 radical (unpaired) electrons. The third-order valence-electron chi connectivity index (χ3n) is 11.6. The van der Waals surface area contributed by atoms with E-state index in [1.165, 1.54) is 13.8 Å². The average molecular weight is 1010 g/mol. The second-order valence-electron chi connectivity index (χ2n) is 17.1. The Bertz CT molecular complexity index is 2380. The van der Waals surface area contributed by atoms with Gasteiger partial charge in [0.1, 0.15) is 30.2 Å². The smallest absolute Gasteiger partial charge is 0.254 e. The van der Waals surface area contributed by atoms with Gasteiger partial charge in [0.05, 0.1) is 30.9 Å². The van der Waals surface area contributed by atoms with Crippen molar-refractivity contribution in [2.75, 3.05) is 18.9 Å². The Morgan fingerprint density at radius 2 is 1.34 bits per heavy atom. The molecule has 0 bridgehead atoms. The van der Waals surface area contributed by atoms with Crippen molar-refractivity contribution in [3.8, 4) is 0 Å². The van der Waals surface area contributed by atoms with Gasteiger partial charge in [0, 0.05) is 35.7 Å². The van der Waals surface area contributed by atoms with Gasteiger partial charge in [-0.2, -0.15) is 0 Å². The van der Waals surface area contributed by atoms with Crippen LogP contribution < -0.4 is 48.7 Å². The van der Waals surface area contributed by atoms with Crippen molar-refractivity contribution in [3.63, 3.8) is 0 Å². The second-order valence-corrected chi connectivity index (χ2v) is 19.6. The summed E-state index contributed by atoms with van der Waals surface area (Å²) >= 11 is 0. The minimum atomic E-state index is -1.69. The van der Waals surface area contributed by atoms with Gasteiger partial charge in [0.2, 0.25) is 35.4 Å². The molecule has 4 aromatic rings. The minimum Gasteiger partial charge on any atom is -0.394 e. The maximum Gasteiger partial charge on any atom is 0.254 e. The number of unbranched alkanes of at least 4 members (excludes halogenated alkanes) is 1. The van der Waals surface area contributed by atoms with E-state index in [1.807, 2.05) is 30.3 Å². The Kier molecular flexibility index (Phi) is 21.5. The number of rotatable bonds is 17. The number of aromatic nitrogens is 1. The summed E-state index contributed by atoms with van der Waals surface area (Å²) in [7, 11) is 1.64. The first-order valence-corrected chi connectivity index (χ1v) is 25.4. The number of H-pyrrole nitrogens is 1. The number of amides is 7. The number of hydrogen-bond donors (Lipinski definition) is 13. The van der Waals surface area contributed by atoms with Crippen molar-refractivity contribution in [3.05, 3.63) is 108 Å². The fraction of sp³-hybridized carbons (Fsp3) is 0.438. The Hall–Kier alpha value is -6.01. The zero-order valence-electron chi connectivity index (χ0n) is 39.0. The maximum absolute atomic E-state index is 14.7. The number of aromatic amines is 1. The number of hydrogen-bond acceptors (Lipinski definition) is 14. The fourth-order valence-corrected chi connectivity index (χ4v) is 9.92. The Morgan fingerprint density at radius 1 is 0.743 bits per heavy atom. The van der Waals surface area contributed by atoms with Gasteiger partial charge < -0.3 is 69.0 Å². The predicted octanol–water partition coefficient (Wildman–Crippen LogP) is -0.848.